The highest BCUT2D eigenvalue weighted by atomic mass is 79.9. The van der Waals surface area contributed by atoms with Crippen LogP contribution in [0.2, 0.25) is 0 Å². The highest BCUT2D eigenvalue weighted by molar-refractivity contribution is 9.10. The largest absolute Gasteiger partial charge is 0.494 e. The second-order valence-electron chi connectivity index (χ2n) is 5.10. The van der Waals surface area contributed by atoms with Crippen LogP contribution in [0.1, 0.15) is 12.8 Å². The summed E-state index contributed by atoms with van der Waals surface area (Å²) in [5, 5.41) is 2.79. The summed E-state index contributed by atoms with van der Waals surface area (Å²) in [5.74, 6) is 0.858. The number of amides is 1. The first-order valence-electron chi connectivity index (χ1n) is 7.67. The van der Waals surface area contributed by atoms with Gasteiger partial charge in [-0.15, -0.1) is 0 Å². The van der Waals surface area contributed by atoms with E-state index in [9.17, 15) is 9.18 Å². The fourth-order valence-electron chi connectivity index (χ4n) is 1.91. The maximum Gasteiger partial charge on any atom is 0.257 e. The average molecular weight is 396 g/mol. The molecule has 0 saturated heterocycles. The van der Waals surface area contributed by atoms with E-state index in [0.717, 1.165) is 17.3 Å². The van der Waals surface area contributed by atoms with Gasteiger partial charge in [-0.05, 0) is 61.4 Å². The summed E-state index contributed by atoms with van der Waals surface area (Å²) >= 11 is 3.34. The van der Waals surface area contributed by atoms with E-state index in [2.05, 4.69) is 21.2 Å². The van der Waals surface area contributed by atoms with Gasteiger partial charge in [-0.3, -0.25) is 4.79 Å². The van der Waals surface area contributed by atoms with Gasteiger partial charge >= 0.3 is 0 Å². The van der Waals surface area contributed by atoms with E-state index in [-0.39, 0.29) is 18.3 Å². The van der Waals surface area contributed by atoms with Gasteiger partial charge in [0, 0.05) is 11.0 Å². The summed E-state index contributed by atoms with van der Waals surface area (Å²) in [7, 11) is 0. The zero-order valence-electron chi connectivity index (χ0n) is 13.1. The molecule has 0 aromatic heterocycles. The number of hydrogen-bond acceptors (Lipinski definition) is 3. The molecule has 0 bridgehead atoms. The van der Waals surface area contributed by atoms with Crippen molar-refractivity contribution in [3.8, 4) is 11.5 Å². The number of benzene rings is 2. The van der Waals surface area contributed by atoms with Crippen LogP contribution >= 0.6 is 15.9 Å². The Balaban J connectivity index is 1.51. The average Bonchev–Trinajstić information content (AvgIpc) is 2.59. The minimum absolute atomic E-state index is 0.00624. The minimum Gasteiger partial charge on any atom is -0.494 e. The van der Waals surface area contributed by atoms with E-state index >= 15 is 0 Å². The molecule has 1 amide bonds. The van der Waals surface area contributed by atoms with Gasteiger partial charge < -0.3 is 14.8 Å². The van der Waals surface area contributed by atoms with Gasteiger partial charge in [0.25, 0.3) is 5.91 Å². The van der Waals surface area contributed by atoms with Crippen molar-refractivity contribution in [3.05, 3.63) is 58.8 Å². The maximum absolute atomic E-state index is 12.7. The molecule has 0 aliphatic carbocycles. The first kappa shape index (κ1) is 18.3. The third kappa shape index (κ3) is 7.00. The molecule has 0 aliphatic heterocycles. The number of rotatable bonds is 9. The molecule has 2 rings (SSSR count). The first-order valence-corrected chi connectivity index (χ1v) is 8.46. The normalized spacial score (nSPS) is 10.2. The van der Waals surface area contributed by atoms with Crippen LogP contribution in [0.4, 0.5) is 4.39 Å². The van der Waals surface area contributed by atoms with E-state index in [1.54, 1.807) is 24.3 Å². The highest BCUT2D eigenvalue weighted by Gasteiger charge is 2.02. The summed E-state index contributed by atoms with van der Waals surface area (Å²) in [5.41, 5.74) is 0. The number of ether oxygens (including phenoxy) is 2. The van der Waals surface area contributed by atoms with Gasteiger partial charge in [-0.1, -0.05) is 15.9 Å². The molecule has 0 saturated carbocycles. The first-order chi connectivity index (χ1) is 11.6. The quantitative estimate of drug-likeness (QED) is 0.654. The zero-order chi connectivity index (χ0) is 17.2. The fourth-order valence-corrected chi connectivity index (χ4v) is 2.17. The maximum atomic E-state index is 12.7. The van der Waals surface area contributed by atoms with Crippen molar-refractivity contribution in [2.75, 3.05) is 19.8 Å². The minimum atomic E-state index is -0.282. The molecular formula is C18H19BrFNO3. The smallest absolute Gasteiger partial charge is 0.257 e. The Morgan fingerprint density at radius 2 is 1.58 bits per heavy atom. The lowest BCUT2D eigenvalue weighted by Gasteiger charge is -2.08. The molecule has 0 unspecified atom stereocenters. The number of unbranched alkanes of at least 4 members (excludes halogenated alkanes) is 1. The van der Waals surface area contributed by atoms with Crippen LogP contribution < -0.4 is 14.8 Å². The van der Waals surface area contributed by atoms with E-state index in [1.807, 2.05) is 12.1 Å². The van der Waals surface area contributed by atoms with Crippen LogP contribution in [0.15, 0.2) is 53.0 Å². The summed E-state index contributed by atoms with van der Waals surface area (Å²) < 4.78 is 24.5. The molecule has 2 aromatic rings. The van der Waals surface area contributed by atoms with E-state index < -0.39 is 0 Å². The second-order valence-corrected chi connectivity index (χ2v) is 6.02. The Kier molecular flexibility index (Phi) is 7.55. The number of nitrogens with one attached hydrogen (secondary N) is 1. The summed E-state index contributed by atoms with van der Waals surface area (Å²) in [6.07, 6.45) is 1.59. The lowest BCUT2D eigenvalue weighted by molar-refractivity contribution is -0.123. The molecule has 4 nitrogen and oxygen atoms in total. The van der Waals surface area contributed by atoms with Crippen molar-refractivity contribution in [1.82, 2.24) is 5.32 Å². The van der Waals surface area contributed by atoms with E-state index in [0.29, 0.717) is 24.7 Å². The van der Waals surface area contributed by atoms with E-state index in [1.165, 1.54) is 12.1 Å². The Hall–Kier alpha value is -2.08. The van der Waals surface area contributed by atoms with Gasteiger partial charge in [0.2, 0.25) is 0 Å². The van der Waals surface area contributed by atoms with Crippen molar-refractivity contribution in [2.45, 2.75) is 12.8 Å². The molecule has 1 N–H and O–H groups in total. The second kappa shape index (κ2) is 9.93. The predicted octanol–water partition coefficient (Wildman–Crippen LogP) is 3.94. The van der Waals surface area contributed by atoms with Crippen molar-refractivity contribution >= 4 is 21.8 Å². The molecule has 128 valence electrons. The van der Waals surface area contributed by atoms with Crippen molar-refractivity contribution < 1.29 is 18.7 Å². The zero-order valence-corrected chi connectivity index (χ0v) is 14.7. The third-order valence-corrected chi connectivity index (χ3v) is 3.69. The molecule has 6 heteroatoms. The van der Waals surface area contributed by atoms with Crippen molar-refractivity contribution in [2.24, 2.45) is 0 Å². The number of hydrogen-bond donors (Lipinski definition) is 1. The lowest BCUT2D eigenvalue weighted by Crippen LogP contribution is -2.29. The standard InChI is InChI=1S/C18H19BrFNO3/c19-14-3-7-17(8-4-14)24-13-18(22)21-11-1-2-12-23-16-9-5-15(20)6-10-16/h3-10H,1-2,11-13H2,(H,21,22). The van der Waals surface area contributed by atoms with Crippen LogP contribution in [0, 0.1) is 5.82 Å². The molecule has 24 heavy (non-hydrogen) atoms. The van der Waals surface area contributed by atoms with Gasteiger partial charge in [0.05, 0.1) is 6.61 Å². The van der Waals surface area contributed by atoms with Gasteiger partial charge in [0.15, 0.2) is 6.61 Å². The Labute approximate surface area is 149 Å². The summed E-state index contributed by atoms with van der Waals surface area (Å²) in [6.45, 7) is 1.08. The molecule has 0 atom stereocenters. The molecule has 0 heterocycles. The molecule has 0 aliphatic rings. The highest BCUT2D eigenvalue weighted by Crippen LogP contribution is 2.15. The van der Waals surface area contributed by atoms with Crippen molar-refractivity contribution in [1.29, 1.82) is 0 Å². The molecule has 2 aromatic carbocycles. The van der Waals surface area contributed by atoms with Gasteiger partial charge in [0.1, 0.15) is 17.3 Å². The SMILES string of the molecule is O=C(COc1ccc(Br)cc1)NCCCCOc1ccc(F)cc1. The van der Waals surface area contributed by atoms with Crippen LogP contribution in [-0.2, 0) is 4.79 Å². The Morgan fingerprint density at radius 1 is 0.958 bits per heavy atom. The Morgan fingerprint density at radius 3 is 2.29 bits per heavy atom. The number of carbonyl (C=O) groups excluding carboxylic acids is 1. The summed E-state index contributed by atoms with van der Waals surface area (Å²) in [6, 6.07) is 13.2. The molecular weight excluding hydrogens is 377 g/mol. The molecule has 0 radical (unpaired) electrons. The Bertz CT molecular complexity index is 632. The number of carbonyl (C=O) groups is 1. The predicted molar refractivity (Wildman–Crippen MR) is 93.8 cm³/mol. The van der Waals surface area contributed by atoms with Crippen LogP contribution in [0.3, 0.4) is 0 Å². The monoisotopic (exact) mass is 395 g/mol. The van der Waals surface area contributed by atoms with Gasteiger partial charge in [-0.25, -0.2) is 4.39 Å². The third-order valence-electron chi connectivity index (χ3n) is 3.16. The van der Waals surface area contributed by atoms with Crippen LogP contribution in [0.25, 0.3) is 0 Å². The topological polar surface area (TPSA) is 47.6 Å². The van der Waals surface area contributed by atoms with Crippen LogP contribution in [0.5, 0.6) is 11.5 Å². The van der Waals surface area contributed by atoms with Crippen LogP contribution in [-0.4, -0.2) is 25.7 Å². The van der Waals surface area contributed by atoms with Gasteiger partial charge in [-0.2, -0.15) is 0 Å². The molecule has 0 fully saturated rings. The fraction of sp³-hybridized carbons (Fsp3) is 0.278. The summed E-state index contributed by atoms with van der Waals surface area (Å²) in [4.78, 5) is 11.7. The van der Waals surface area contributed by atoms with Crippen molar-refractivity contribution in [3.63, 3.8) is 0 Å². The molecule has 0 spiro atoms. The lowest BCUT2D eigenvalue weighted by atomic mass is 10.3. The number of halogens is 2. The van der Waals surface area contributed by atoms with E-state index in [4.69, 9.17) is 9.47 Å².